The second-order valence-corrected chi connectivity index (χ2v) is 11.9. The Balaban J connectivity index is 1.51. The first kappa shape index (κ1) is 22.6. The van der Waals surface area contributed by atoms with Crippen molar-refractivity contribution in [2.24, 2.45) is 11.8 Å². The summed E-state index contributed by atoms with van der Waals surface area (Å²) in [6.07, 6.45) is 11.4. The average Bonchev–Trinajstić information content (AvgIpc) is 3.71. The van der Waals surface area contributed by atoms with Gasteiger partial charge in [-0.15, -0.1) is 0 Å². The molecular formula is C34H40N2. The van der Waals surface area contributed by atoms with Crippen LogP contribution < -0.4 is 4.90 Å². The van der Waals surface area contributed by atoms with Crippen molar-refractivity contribution in [1.29, 1.82) is 0 Å². The Kier molecular flexibility index (Phi) is 5.51. The number of aryl methyl sites for hydroxylation is 1. The molecule has 3 fully saturated rings. The molecular weight excluding hydrogens is 436 g/mol. The van der Waals surface area contributed by atoms with Gasteiger partial charge >= 0.3 is 0 Å². The Bertz CT molecular complexity index is 1200. The predicted octanol–water partition coefficient (Wildman–Crippen LogP) is 8.53. The summed E-state index contributed by atoms with van der Waals surface area (Å²) in [5.41, 5.74) is 7.67. The second-order valence-electron chi connectivity index (χ2n) is 11.9. The average molecular weight is 477 g/mol. The summed E-state index contributed by atoms with van der Waals surface area (Å²) in [5, 5.41) is 0. The molecule has 0 radical (unpaired) electrons. The lowest BCUT2D eigenvalue weighted by Crippen LogP contribution is -2.53. The van der Waals surface area contributed by atoms with Gasteiger partial charge < -0.3 is 4.90 Å². The van der Waals surface area contributed by atoms with E-state index in [1.54, 1.807) is 11.1 Å². The Labute approximate surface area is 217 Å². The number of anilines is 1. The predicted molar refractivity (Wildman–Crippen MR) is 149 cm³/mol. The molecule has 2 heterocycles. The topological polar surface area (TPSA) is 6.48 Å². The van der Waals surface area contributed by atoms with Crippen LogP contribution in [-0.2, 0) is 5.54 Å². The van der Waals surface area contributed by atoms with Crippen LogP contribution in [0, 0.1) is 18.8 Å². The minimum absolute atomic E-state index is 0.139. The lowest BCUT2D eigenvalue weighted by atomic mass is 9.67. The highest BCUT2D eigenvalue weighted by atomic mass is 15.5. The molecule has 186 valence electrons. The third kappa shape index (κ3) is 3.06. The zero-order valence-electron chi connectivity index (χ0n) is 21.9. The van der Waals surface area contributed by atoms with Crippen LogP contribution >= 0.6 is 0 Å². The highest BCUT2D eigenvalue weighted by molar-refractivity contribution is 5.60. The van der Waals surface area contributed by atoms with Gasteiger partial charge in [-0.05, 0) is 79.7 Å². The molecule has 3 aromatic carbocycles. The zero-order chi connectivity index (χ0) is 24.3. The highest BCUT2D eigenvalue weighted by Gasteiger charge is 2.65. The number of fused-ring (bicyclic) bond motifs is 3. The van der Waals surface area contributed by atoms with E-state index in [-0.39, 0.29) is 11.7 Å². The summed E-state index contributed by atoms with van der Waals surface area (Å²) in [4.78, 5) is 5.89. The number of hydrogen-bond donors (Lipinski definition) is 0. The minimum atomic E-state index is 0.139. The molecule has 3 atom stereocenters. The zero-order valence-corrected chi connectivity index (χ0v) is 21.9. The van der Waals surface area contributed by atoms with Crippen molar-refractivity contribution in [3.63, 3.8) is 0 Å². The van der Waals surface area contributed by atoms with Crippen molar-refractivity contribution in [2.75, 3.05) is 4.90 Å². The highest BCUT2D eigenvalue weighted by Crippen LogP contribution is 2.67. The number of hydrogen-bond acceptors (Lipinski definition) is 2. The first-order valence-corrected chi connectivity index (χ1v) is 14.5. The fraction of sp³-hybridized carbons (Fsp3) is 0.471. The van der Waals surface area contributed by atoms with Gasteiger partial charge in [-0.2, -0.15) is 0 Å². The van der Waals surface area contributed by atoms with Gasteiger partial charge in [0.25, 0.3) is 0 Å². The van der Waals surface area contributed by atoms with E-state index in [2.05, 4.69) is 103 Å². The fourth-order valence-electron chi connectivity index (χ4n) is 9.07. The van der Waals surface area contributed by atoms with Crippen LogP contribution in [-0.4, -0.2) is 10.9 Å². The van der Waals surface area contributed by atoms with Gasteiger partial charge in [-0.3, -0.25) is 4.90 Å². The molecule has 7 rings (SSSR count). The Hall–Kier alpha value is -2.58. The number of rotatable bonds is 4. The molecule has 2 unspecified atom stereocenters. The lowest BCUT2D eigenvalue weighted by Gasteiger charge is -2.51. The standard InChI is InChI=1S/C34H40N2/c1-24-14-6-13-23-31(24)35-25(2)32-29-21-11-12-22-30(29)34(27-17-7-8-18-27,28-19-9-10-20-28)36(32)33(35)26-15-4-3-5-16-26/h3-6,11-16,21-23,25,27-28,32-33H,7-10,17-20H2,1-2H3/t25-,32?,33?/m0/s1. The molecule has 2 aliphatic heterocycles. The largest absolute Gasteiger partial charge is 0.347 e. The molecule has 1 saturated heterocycles. The van der Waals surface area contributed by atoms with E-state index in [1.807, 2.05) is 0 Å². The van der Waals surface area contributed by atoms with Gasteiger partial charge in [0.05, 0.1) is 11.6 Å². The van der Waals surface area contributed by atoms with Crippen molar-refractivity contribution in [3.05, 3.63) is 101 Å². The van der Waals surface area contributed by atoms with Crippen LogP contribution in [0.1, 0.15) is 92.8 Å². The van der Waals surface area contributed by atoms with Crippen LogP contribution in [0.5, 0.6) is 0 Å². The van der Waals surface area contributed by atoms with Gasteiger partial charge in [0.1, 0.15) is 6.17 Å². The minimum Gasteiger partial charge on any atom is -0.347 e. The fourth-order valence-corrected chi connectivity index (χ4v) is 9.07. The van der Waals surface area contributed by atoms with Gasteiger partial charge in [-0.25, -0.2) is 0 Å². The Morgan fingerprint density at radius 3 is 1.94 bits per heavy atom. The van der Waals surface area contributed by atoms with Crippen LogP contribution in [0.2, 0.25) is 0 Å². The molecule has 2 saturated carbocycles. The normalized spacial score (nSPS) is 28.1. The van der Waals surface area contributed by atoms with E-state index in [9.17, 15) is 0 Å². The molecule has 0 aromatic heterocycles. The molecule has 0 spiro atoms. The summed E-state index contributed by atoms with van der Waals surface area (Å²) in [5.74, 6) is 1.50. The molecule has 0 bridgehead atoms. The molecule has 4 aliphatic rings. The summed E-state index contributed by atoms with van der Waals surface area (Å²) in [7, 11) is 0. The maximum Gasteiger partial charge on any atom is 0.110 e. The molecule has 36 heavy (non-hydrogen) atoms. The first-order valence-electron chi connectivity index (χ1n) is 14.5. The third-order valence-corrected chi connectivity index (χ3v) is 10.3. The van der Waals surface area contributed by atoms with E-state index < -0.39 is 0 Å². The van der Waals surface area contributed by atoms with Crippen LogP contribution in [0.4, 0.5) is 5.69 Å². The van der Waals surface area contributed by atoms with Crippen molar-refractivity contribution < 1.29 is 0 Å². The van der Waals surface area contributed by atoms with E-state index >= 15 is 0 Å². The Morgan fingerprint density at radius 1 is 0.694 bits per heavy atom. The van der Waals surface area contributed by atoms with E-state index in [0.717, 1.165) is 11.8 Å². The van der Waals surface area contributed by atoms with E-state index in [0.29, 0.717) is 12.1 Å². The van der Waals surface area contributed by atoms with Gasteiger partial charge in [-0.1, -0.05) is 98.5 Å². The summed E-state index contributed by atoms with van der Waals surface area (Å²) < 4.78 is 0. The summed E-state index contributed by atoms with van der Waals surface area (Å²) in [6, 6.07) is 31.0. The lowest BCUT2D eigenvalue weighted by molar-refractivity contribution is -0.0402. The van der Waals surface area contributed by atoms with Crippen LogP contribution in [0.25, 0.3) is 0 Å². The summed E-state index contributed by atoms with van der Waals surface area (Å²) in [6.45, 7) is 4.80. The first-order chi connectivity index (χ1) is 17.7. The van der Waals surface area contributed by atoms with Crippen molar-refractivity contribution in [1.82, 2.24) is 4.90 Å². The molecule has 2 aliphatic carbocycles. The molecule has 2 heteroatoms. The Morgan fingerprint density at radius 2 is 1.28 bits per heavy atom. The number of nitrogens with zero attached hydrogens (tertiary/aromatic N) is 2. The van der Waals surface area contributed by atoms with Gasteiger partial charge in [0.15, 0.2) is 0 Å². The van der Waals surface area contributed by atoms with Gasteiger partial charge in [0, 0.05) is 11.7 Å². The van der Waals surface area contributed by atoms with E-state index in [4.69, 9.17) is 0 Å². The van der Waals surface area contributed by atoms with Crippen molar-refractivity contribution >= 4 is 5.69 Å². The smallest absolute Gasteiger partial charge is 0.110 e. The number of para-hydroxylation sites is 1. The molecule has 0 N–H and O–H groups in total. The number of benzene rings is 3. The molecule has 0 amide bonds. The van der Waals surface area contributed by atoms with Crippen LogP contribution in [0.15, 0.2) is 78.9 Å². The summed E-state index contributed by atoms with van der Waals surface area (Å²) >= 11 is 0. The maximum atomic E-state index is 3.09. The molecule has 2 nitrogen and oxygen atoms in total. The van der Waals surface area contributed by atoms with Gasteiger partial charge in [0.2, 0.25) is 0 Å². The third-order valence-electron chi connectivity index (χ3n) is 10.3. The van der Waals surface area contributed by atoms with Crippen molar-refractivity contribution in [2.45, 2.75) is 89.0 Å². The van der Waals surface area contributed by atoms with Crippen LogP contribution in [0.3, 0.4) is 0 Å². The maximum absolute atomic E-state index is 3.09. The monoisotopic (exact) mass is 476 g/mol. The van der Waals surface area contributed by atoms with E-state index in [1.165, 1.54) is 68.2 Å². The quantitative estimate of drug-likeness (QED) is 0.372. The van der Waals surface area contributed by atoms with Crippen molar-refractivity contribution in [3.8, 4) is 0 Å². The molecule has 3 aromatic rings. The second kappa shape index (κ2) is 8.77. The SMILES string of the molecule is Cc1ccccc1N1C(c2ccccc2)N2C(c3ccccc3C2(C2CCCC2)C2CCCC2)[C@@H]1C.